The smallest absolute Gasteiger partial charge is 0.470 e. The zero-order valence-electron chi connectivity index (χ0n) is 20.7. The monoisotopic (exact) mass is 511 g/mol. The third-order valence-corrected chi connectivity index (χ3v) is 7.23. The van der Waals surface area contributed by atoms with Crippen molar-refractivity contribution in [2.45, 2.75) is 78.8 Å². The van der Waals surface area contributed by atoms with Crippen molar-refractivity contribution < 1.29 is 36.4 Å². The predicted molar refractivity (Wildman–Crippen MR) is 126 cm³/mol. The Bertz CT molecular complexity index is 1140. The Balaban J connectivity index is 1.85. The van der Waals surface area contributed by atoms with Crippen LogP contribution in [0.1, 0.15) is 73.5 Å². The fourth-order valence-electron chi connectivity index (χ4n) is 4.67. The maximum atomic E-state index is 12.8. The van der Waals surface area contributed by atoms with Crippen molar-refractivity contribution in [1.82, 2.24) is 9.96 Å². The van der Waals surface area contributed by atoms with Gasteiger partial charge in [0.15, 0.2) is 0 Å². The van der Waals surface area contributed by atoms with Gasteiger partial charge in [-0.1, -0.05) is 20.8 Å². The highest BCUT2D eigenvalue weighted by atomic mass is 32.3. The fraction of sp³-hybridized carbons (Fsp3) is 0.609. The van der Waals surface area contributed by atoms with Crippen LogP contribution >= 0.6 is 0 Å². The van der Waals surface area contributed by atoms with E-state index in [-0.39, 0.29) is 28.8 Å². The molecule has 2 aliphatic rings. The van der Waals surface area contributed by atoms with E-state index in [1.165, 1.54) is 17.9 Å². The maximum absolute atomic E-state index is 12.8. The second kappa shape index (κ2) is 9.65. The standard InChI is InChI=1S/C23H33N3O8S/c1-13-15(7-6-10-23(3,4)5)11-18(14(2)19(13)21(28)29)33-35(31,32)34-26-16-8-9-17(20(24)27)25(12-16)22(26)30/h11,16-17H,6-10,12H2,1-5H3,(H2,24,27)(H,28,29)/t16-,17+/m1/s1. The summed E-state index contributed by atoms with van der Waals surface area (Å²) in [7, 11) is -4.80. The number of nitrogens with zero attached hydrogens (tertiary/aromatic N) is 2. The Labute approximate surface area is 205 Å². The number of amides is 3. The number of hydrogen-bond donors (Lipinski definition) is 2. The molecule has 2 saturated heterocycles. The maximum Gasteiger partial charge on any atom is 0.470 e. The normalized spacial score (nSPS) is 20.3. The molecule has 0 aromatic heterocycles. The summed E-state index contributed by atoms with van der Waals surface area (Å²) in [6.07, 6.45) is 2.83. The minimum atomic E-state index is -4.80. The van der Waals surface area contributed by atoms with Gasteiger partial charge in [-0.15, -0.1) is 4.28 Å². The topological polar surface area (TPSA) is 157 Å². The number of nitrogens with two attached hydrogens (primary N) is 1. The summed E-state index contributed by atoms with van der Waals surface area (Å²) < 4.78 is 35.8. The number of carbonyl (C=O) groups is 3. The van der Waals surface area contributed by atoms with Gasteiger partial charge in [0.1, 0.15) is 11.8 Å². The van der Waals surface area contributed by atoms with Crippen LogP contribution in [0.5, 0.6) is 5.75 Å². The fourth-order valence-corrected chi connectivity index (χ4v) is 5.47. The van der Waals surface area contributed by atoms with E-state index in [1.54, 1.807) is 6.92 Å². The molecule has 2 heterocycles. The lowest BCUT2D eigenvalue weighted by molar-refractivity contribution is -0.122. The molecule has 2 bridgehead atoms. The molecule has 2 aliphatic heterocycles. The van der Waals surface area contributed by atoms with Crippen molar-refractivity contribution in [3.8, 4) is 5.75 Å². The van der Waals surface area contributed by atoms with Crippen molar-refractivity contribution in [3.05, 3.63) is 28.3 Å². The first-order valence-corrected chi connectivity index (χ1v) is 12.8. The Hall–Kier alpha value is -2.86. The van der Waals surface area contributed by atoms with Crippen molar-refractivity contribution >= 4 is 28.3 Å². The van der Waals surface area contributed by atoms with E-state index in [4.69, 9.17) is 14.2 Å². The van der Waals surface area contributed by atoms with Gasteiger partial charge >= 0.3 is 22.4 Å². The number of aromatic carboxylic acids is 1. The average molecular weight is 512 g/mol. The summed E-state index contributed by atoms with van der Waals surface area (Å²) in [6.45, 7) is 9.56. The lowest BCUT2D eigenvalue weighted by atomic mass is 9.87. The predicted octanol–water partition coefficient (Wildman–Crippen LogP) is 2.68. The van der Waals surface area contributed by atoms with E-state index >= 15 is 0 Å². The third kappa shape index (κ3) is 5.87. The molecule has 3 rings (SSSR count). The second-order valence-corrected chi connectivity index (χ2v) is 11.5. The molecule has 0 unspecified atom stereocenters. The van der Waals surface area contributed by atoms with Crippen molar-refractivity contribution in [2.75, 3.05) is 6.54 Å². The highest BCUT2D eigenvalue weighted by Crippen LogP contribution is 2.34. The number of aryl methyl sites for hydroxylation is 1. The summed E-state index contributed by atoms with van der Waals surface area (Å²) >= 11 is 0. The van der Waals surface area contributed by atoms with Crippen molar-refractivity contribution in [3.63, 3.8) is 0 Å². The molecule has 1 aromatic carbocycles. The lowest BCUT2D eigenvalue weighted by Gasteiger charge is -2.27. The number of hydrogen-bond acceptors (Lipinski definition) is 7. The van der Waals surface area contributed by atoms with Crippen LogP contribution in [-0.2, 0) is 25.9 Å². The minimum absolute atomic E-state index is 0.0352. The van der Waals surface area contributed by atoms with Gasteiger partial charge in [0.05, 0.1) is 11.6 Å². The van der Waals surface area contributed by atoms with Crippen LogP contribution in [0, 0.1) is 19.3 Å². The molecule has 3 amide bonds. The van der Waals surface area contributed by atoms with Gasteiger partial charge in [-0.25, -0.2) is 9.59 Å². The number of urea groups is 1. The molecule has 11 nitrogen and oxygen atoms in total. The number of rotatable bonds is 9. The van der Waals surface area contributed by atoms with Crippen molar-refractivity contribution in [2.24, 2.45) is 11.1 Å². The molecule has 1 aromatic rings. The summed E-state index contributed by atoms with van der Waals surface area (Å²) in [5.74, 6) is -2.05. The van der Waals surface area contributed by atoms with E-state index in [0.29, 0.717) is 35.5 Å². The highest BCUT2D eigenvalue weighted by molar-refractivity contribution is 7.82. The van der Waals surface area contributed by atoms with Gasteiger partial charge in [-0.2, -0.15) is 13.5 Å². The van der Waals surface area contributed by atoms with Crippen LogP contribution in [0.15, 0.2) is 6.07 Å². The van der Waals surface area contributed by atoms with Crippen LogP contribution in [0.2, 0.25) is 0 Å². The van der Waals surface area contributed by atoms with E-state index in [9.17, 15) is 27.9 Å². The molecule has 194 valence electrons. The first-order chi connectivity index (χ1) is 16.1. The van der Waals surface area contributed by atoms with E-state index in [2.05, 4.69) is 20.8 Å². The van der Waals surface area contributed by atoms with Crippen LogP contribution in [0.3, 0.4) is 0 Å². The largest absolute Gasteiger partial charge is 0.478 e. The average Bonchev–Trinajstić information content (AvgIpc) is 2.94. The van der Waals surface area contributed by atoms with Crippen LogP contribution in [-0.4, -0.2) is 60.0 Å². The van der Waals surface area contributed by atoms with Gasteiger partial charge < -0.3 is 19.9 Å². The van der Waals surface area contributed by atoms with Gasteiger partial charge in [0, 0.05) is 12.1 Å². The van der Waals surface area contributed by atoms with Gasteiger partial charge in [-0.05, 0) is 68.6 Å². The number of fused-ring (bicyclic) bond motifs is 2. The molecular formula is C23H33N3O8S. The Morgan fingerprint density at radius 1 is 1.20 bits per heavy atom. The van der Waals surface area contributed by atoms with E-state index in [0.717, 1.165) is 12.8 Å². The SMILES string of the molecule is Cc1c(CCCC(C)(C)C)cc(OS(=O)(=O)ON2C(=O)N3C[C@H]2CC[C@H]3C(N)=O)c(C)c1C(=O)O. The molecule has 0 aliphatic carbocycles. The van der Waals surface area contributed by atoms with Crippen LogP contribution in [0.4, 0.5) is 4.79 Å². The zero-order chi connectivity index (χ0) is 26.3. The van der Waals surface area contributed by atoms with Crippen LogP contribution < -0.4 is 9.92 Å². The first-order valence-electron chi connectivity index (χ1n) is 11.5. The molecule has 0 spiro atoms. The quantitative estimate of drug-likeness (QED) is 0.512. The lowest BCUT2D eigenvalue weighted by Crippen LogP contribution is -2.47. The number of primary amides is 1. The van der Waals surface area contributed by atoms with E-state index < -0.39 is 40.4 Å². The third-order valence-electron chi connectivity index (χ3n) is 6.51. The number of hydroxylamine groups is 2. The number of carbonyl (C=O) groups excluding carboxylic acids is 2. The molecule has 35 heavy (non-hydrogen) atoms. The molecule has 12 heteroatoms. The first kappa shape index (κ1) is 26.7. The molecule has 2 atom stereocenters. The molecule has 3 N–H and O–H groups in total. The summed E-state index contributed by atoms with van der Waals surface area (Å²) in [5, 5.41) is 10.4. The summed E-state index contributed by atoms with van der Waals surface area (Å²) in [4.78, 5) is 37.4. The Morgan fingerprint density at radius 2 is 1.86 bits per heavy atom. The number of piperidine rings is 1. The molecular weight excluding hydrogens is 478 g/mol. The minimum Gasteiger partial charge on any atom is -0.478 e. The highest BCUT2D eigenvalue weighted by Gasteiger charge is 2.49. The van der Waals surface area contributed by atoms with E-state index in [1.807, 2.05) is 0 Å². The van der Waals surface area contributed by atoms with Gasteiger partial charge in [0.2, 0.25) is 5.91 Å². The molecule has 0 saturated carbocycles. The van der Waals surface area contributed by atoms with Crippen LogP contribution in [0.25, 0.3) is 0 Å². The summed E-state index contributed by atoms with van der Waals surface area (Å²) in [5.41, 5.74) is 6.74. The Kier molecular flexibility index (Phi) is 7.37. The number of carboxylic acid groups (broad SMARTS) is 1. The Morgan fingerprint density at radius 3 is 2.43 bits per heavy atom. The summed E-state index contributed by atoms with van der Waals surface area (Å²) in [6, 6.07) is -0.697. The van der Waals surface area contributed by atoms with Gasteiger partial charge in [-0.3, -0.25) is 4.79 Å². The second-order valence-electron chi connectivity index (χ2n) is 10.4. The molecule has 2 fully saturated rings. The molecule has 0 radical (unpaired) electrons. The number of benzene rings is 1. The number of carboxylic acids is 1. The zero-order valence-corrected chi connectivity index (χ0v) is 21.5. The van der Waals surface area contributed by atoms with Gasteiger partial charge in [0.25, 0.3) is 0 Å². The van der Waals surface area contributed by atoms with Crippen molar-refractivity contribution in [1.29, 1.82) is 0 Å².